The molecule has 0 radical (unpaired) electrons. The molecule has 0 fully saturated rings. The Kier molecular flexibility index (Phi) is 2.16. The molecule has 0 amide bonds. The maximum atomic E-state index is 10.9. The molecular formula is C8H5ClN2OS. The van der Waals surface area contributed by atoms with Gasteiger partial charge in [-0.2, -0.15) is 0 Å². The quantitative estimate of drug-likeness (QED) is 0.788. The molecule has 5 heteroatoms. The third kappa shape index (κ3) is 1.79. The molecule has 0 aliphatic carbocycles. The second-order valence-electron chi connectivity index (χ2n) is 2.39. The van der Waals surface area contributed by atoms with Crippen LogP contribution in [0.2, 0.25) is 4.34 Å². The molecule has 3 nitrogen and oxygen atoms in total. The van der Waals surface area contributed by atoms with Crippen molar-refractivity contribution < 1.29 is 0 Å². The molecule has 0 unspecified atom stereocenters. The Balaban J connectivity index is 2.52. The van der Waals surface area contributed by atoms with Gasteiger partial charge >= 0.3 is 5.69 Å². The molecule has 2 aromatic heterocycles. The van der Waals surface area contributed by atoms with E-state index in [1.165, 1.54) is 17.5 Å². The Bertz CT molecular complexity index is 477. The van der Waals surface area contributed by atoms with Crippen LogP contribution >= 0.6 is 22.9 Å². The number of thiophene rings is 1. The molecular weight excluding hydrogens is 208 g/mol. The van der Waals surface area contributed by atoms with E-state index in [9.17, 15) is 4.79 Å². The van der Waals surface area contributed by atoms with Gasteiger partial charge in [-0.05, 0) is 18.2 Å². The SMILES string of the molecule is O=c1nccc(-c2ccc(Cl)s2)[nH]1. The third-order valence-corrected chi connectivity index (χ3v) is 2.78. The van der Waals surface area contributed by atoms with Gasteiger partial charge in [0.1, 0.15) is 0 Å². The summed E-state index contributed by atoms with van der Waals surface area (Å²) in [6, 6.07) is 5.39. The minimum absolute atomic E-state index is 0.345. The maximum Gasteiger partial charge on any atom is 0.345 e. The Morgan fingerprint density at radius 3 is 2.85 bits per heavy atom. The minimum Gasteiger partial charge on any atom is -0.305 e. The predicted octanol–water partition coefficient (Wildman–Crippen LogP) is 2.15. The molecule has 0 bridgehead atoms. The topological polar surface area (TPSA) is 45.8 Å². The average Bonchev–Trinajstić information content (AvgIpc) is 2.52. The van der Waals surface area contributed by atoms with Gasteiger partial charge in [0.15, 0.2) is 0 Å². The van der Waals surface area contributed by atoms with E-state index >= 15 is 0 Å². The molecule has 0 aliphatic heterocycles. The number of halogens is 1. The standard InChI is InChI=1S/C8H5ClN2OS/c9-7-2-1-6(13-7)5-3-4-10-8(12)11-5/h1-4H,(H,10,11,12). The molecule has 0 spiro atoms. The van der Waals surface area contributed by atoms with Gasteiger partial charge in [-0.3, -0.25) is 0 Å². The lowest BCUT2D eigenvalue weighted by atomic mass is 10.3. The number of hydrogen-bond acceptors (Lipinski definition) is 3. The second-order valence-corrected chi connectivity index (χ2v) is 4.11. The molecule has 2 aromatic rings. The lowest BCUT2D eigenvalue weighted by molar-refractivity contribution is 1.08. The molecule has 0 saturated heterocycles. The van der Waals surface area contributed by atoms with E-state index in [-0.39, 0.29) is 5.69 Å². The Hall–Kier alpha value is -1.13. The zero-order valence-corrected chi connectivity index (χ0v) is 8.02. The third-order valence-electron chi connectivity index (χ3n) is 1.51. The van der Waals surface area contributed by atoms with Gasteiger partial charge in [0.05, 0.1) is 14.9 Å². The first-order chi connectivity index (χ1) is 6.25. The molecule has 66 valence electrons. The van der Waals surface area contributed by atoms with Crippen molar-refractivity contribution >= 4 is 22.9 Å². The average molecular weight is 213 g/mol. The van der Waals surface area contributed by atoms with Crippen molar-refractivity contribution in [1.82, 2.24) is 9.97 Å². The van der Waals surface area contributed by atoms with E-state index in [0.29, 0.717) is 4.34 Å². The molecule has 2 heterocycles. The zero-order valence-electron chi connectivity index (χ0n) is 6.45. The number of rotatable bonds is 1. The number of hydrogen-bond donors (Lipinski definition) is 1. The van der Waals surface area contributed by atoms with E-state index in [0.717, 1.165) is 10.6 Å². The van der Waals surface area contributed by atoms with Gasteiger partial charge in [0, 0.05) is 6.20 Å². The summed E-state index contributed by atoms with van der Waals surface area (Å²) in [4.78, 5) is 18.0. The Morgan fingerprint density at radius 2 is 2.23 bits per heavy atom. The summed E-state index contributed by atoms with van der Waals surface area (Å²) >= 11 is 7.18. The van der Waals surface area contributed by atoms with Crippen LogP contribution in [0.3, 0.4) is 0 Å². The van der Waals surface area contributed by atoms with Crippen LogP contribution in [0, 0.1) is 0 Å². The molecule has 0 saturated carbocycles. The molecule has 0 aromatic carbocycles. The van der Waals surface area contributed by atoms with Crippen molar-refractivity contribution in [3.63, 3.8) is 0 Å². The summed E-state index contributed by atoms with van der Waals surface area (Å²) in [5.74, 6) is 0. The normalized spacial score (nSPS) is 10.2. The molecule has 0 aliphatic rings. The van der Waals surface area contributed by atoms with Crippen LogP contribution in [0.5, 0.6) is 0 Å². The lowest BCUT2D eigenvalue weighted by Gasteiger charge is -1.93. The smallest absolute Gasteiger partial charge is 0.305 e. The van der Waals surface area contributed by atoms with Crippen LogP contribution in [-0.4, -0.2) is 9.97 Å². The minimum atomic E-state index is -0.345. The fraction of sp³-hybridized carbons (Fsp3) is 0. The van der Waals surface area contributed by atoms with Crippen LogP contribution in [0.1, 0.15) is 0 Å². The van der Waals surface area contributed by atoms with Crippen LogP contribution in [0.4, 0.5) is 0 Å². The first-order valence-electron chi connectivity index (χ1n) is 3.57. The lowest BCUT2D eigenvalue weighted by Crippen LogP contribution is -2.08. The van der Waals surface area contributed by atoms with Gasteiger partial charge in [0.2, 0.25) is 0 Å². The molecule has 2 rings (SSSR count). The Morgan fingerprint density at radius 1 is 1.38 bits per heavy atom. The summed E-state index contributed by atoms with van der Waals surface area (Å²) in [5, 5.41) is 0. The first-order valence-corrected chi connectivity index (χ1v) is 4.76. The van der Waals surface area contributed by atoms with Crippen molar-refractivity contribution in [3.05, 3.63) is 39.2 Å². The number of nitrogens with one attached hydrogen (secondary N) is 1. The van der Waals surface area contributed by atoms with Crippen molar-refractivity contribution in [1.29, 1.82) is 0 Å². The summed E-state index contributed by atoms with van der Waals surface area (Å²) in [5.41, 5.74) is 0.402. The van der Waals surface area contributed by atoms with E-state index in [1.54, 1.807) is 12.1 Å². The maximum absolute atomic E-state index is 10.9. The number of H-pyrrole nitrogens is 1. The van der Waals surface area contributed by atoms with Crippen LogP contribution in [0.15, 0.2) is 29.2 Å². The first kappa shape index (κ1) is 8.47. The van der Waals surface area contributed by atoms with Crippen LogP contribution in [0.25, 0.3) is 10.6 Å². The van der Waals surface area contributed by atoms with Gasteiger partial charge < -0.3 is 4.98 Å². The van der Waals surface area contributed by atoms with Gasteiger partial charge in [-0.15, -0.1) is 11.3 Å². The second kappa shape index (κ2) is 3.32. The van der Waals surface area contributed by atoms with Crippen LogP contribution in [-0.2, 0) is 0 Å². The Labute approximate surface area is 83.0 Å². The molecule has 1 N–H and O–H groups in total. The van der Waals surface area contributed by atoms with Gasteiger partial charge in [-0.25, -0.2) is 9.78 Å². The summed E-state index contributed by atoms with van der Waals surface area (Å²) in [6.07, 6.45) is 1.47. The fourth-order valence-corrected chi connectivity index (χ4v) is 2.00. The van der Waals surface area contributed by atoms with Gasteiger partial charge in [-0.1, -0.05) is 11.6 Å². The summed E-state index contributed by atoms with van der Waals surface area (Å²) in [7, 11) is 0. The van der Waals surface area contributed by atoms with Crippen molar-refractivity contribution in [3.8, 4) is 10.6 Å². The fourth-order valence-electron chi connectivity index (χ4n) is 0.971. The van der Waals surface area contributed by atoms with Crippen molar-refractivity contribution in [2.24, 2.45) is 0 Å². The van der Waals surface area contributed by atoms with Crippen molar-refractivity contribution in [2.45, 2.75) is 0 Å². The summed E-state index contributed by atoms with van der Waals surface area (Å²) < 4.78 is 0.702. The van der Waals surface area contributed by atoms with E-state index in [1.807, 2.05) is 6.07 Å². The monoisotopic (exact) mass is 212 g/mol. The highest BCUT2D eigenvalue weighted by Crippen LogP contribution is 2.28. The van der Waals surface area contributed by atoms with Gasteiger partial charge in [0.25, 0.3) is 0 Å². The summed E-state index contributed by atoms with van der Waals surface area (Å²) in [6.45, 7) is 0. The van der Waals surface area contributed by atoms with E-state index in [4.69, 9.17) is 11.6 Å². The highest BCUT2D eigenvalue weighted by Gasteiger charge is 2.01. The number of aromatic nitrogens is 2. The highest BCUT2D eigenvalue weighted by atomic mass is 35.5. The van der Waals surface area contributed by atoms with Crippen molar-refractivity contribution in [2.75, 3.05) is 0 Å². The number of aromatic amines is 1. The number of nitrogens with zero attached hydrogens (tertiary/aromatic N) is 1. The predicted molar refractivity (Wildman–Crippen MR) is 53.2 cm³/mol. The molecule has 13 heavy (non-hydrogen) atoms. The molecule has 0 atom stereocenters. The van der Waals surface area contributed by atoms with E-state index in [2.05, 4.69) is 9.97 Å². The van der Waals surface area contributed by atoms with E-state index < -0.39 is 0 Å². The largest absolute Gasteiger partial charge is 0.345 e. The highest BCUT2D eigenvalue weighted by molar-refractivity contribution is 7.19. The van der Waals surface area contributed by atoms with Crippen LogP contribution < -0.4 is 5.69 Å². The zero-order chi connectivity index (χ0) is 9.26.